The number of unbranched alkanes of at least 4 members (excludes halogenated alkanes) is 1. The van der Waals surface area contributed by atoms with Crippen LogP contribution in [0.4, 0.5) is 0 Å². The van der Waals surface area contributed by atoms with E-state index in [2.05, 4.69) is 28.4 Å². The Kier molecular flexibility index (Phi) is 8.41. The average molecular weight is 558 g/mol. The highest BCUT2D eigenvalue weighted by atomic mass is 35.5. The number of nitrogens with one attached hydrogen (secondary N) is 1. The summed E-state index contributed by atoms with van der Waals surface area (Å²) in [6.07, 6.45) is 5.85. The molecule has 2 heterocycles. The van der Waals surface area contributed by atoms with Crippen molar-refractivity contribution >= 4 is 44.5 Å². The molecular weight excluding hydrogens is 533 g/mol. The molecule has 2 aromatic rings. The second kappa shape index (κ2) is 11.5. The first-order chi connectivity index (χ1) is 17.7. The number of amides is 1. The van der Waals surface area contributed by atoms with Crippen molar-refractivity contribution in [3.63, 3.8) is 0 Å². The van der Waals surface area contributed by atoms with Crippen LogP contribution in [0.2, 0.25) is 10.0 Å². The standard InChI is InChI=1S/C26H25Cl2N5O3S/c1-2-21-24(26(34)31-32-12-14-37(35,36)15-13-32)30-33(23-10-9-20(27)17-22(23)28)25(21)19-8-7-18(16-19)6-4-3-5-11-29/h7-10,17H,2-3,5,12-16H2,1H3,(H,31,34). The lowest BCUT2D eigenvalue weighted by Crippen LogP contribution is -2.50. The predicted octanol–water partition coefficient (Wildman–Crippen LogP) is 4.14. The number of halogens is 2. The molecule has 0 unspecified atom stereocenters. The molecular formula is C26H25Cl2N5O3S. The summed E-state index contributed by atoms with van der Waals surface area (Å²) in [5.74, 6) is 5.71. The number of carbonyl (C=O) groups excluding carboxylic acids is 1. The molecule has 1 aromatic carbocycles. The van der Waals surface area contributed by atoms with E-state index in [4.69, 9.17) is 28.5 Å². The first-order valence-electron chi connectivity index (χ1n) is 11.8. The molecule has 0 radical (unpaired) electrons. The molecule has 1 N–H and O–H groups in total. The van der Waals surface area contributed by atoms with Crippen LogP contribution < -0.4 is 5.43 Å². The average Bonchev–Trinajstić information content (AvgIpc) is 3.47. The van der Waals surface area contributed by atoms with Gasteiger partial charge in [0.25, 0.3) is 5.91 Å². The van der Waals surface area contributed by atoms with Crippen molar-refractivity contribution in [2.45, 2.75) is 32.6 Å². The van der Waals surface area contributed by atoms with Gasteiger partial charge < -0.3 is 0 Å². The number of nitriles is 1. The van der Waals surface area contributed by atoms with Crippen LogP contribution in [0.5, 0.6) is 0 Å². The summed E-state index contributed by atoms with van der Waals surface area (Å²) in [5, 5.41) is 15.9. The molecule has 11 heteroatoms. The fourth-order valence-electron chi connectivity index (χ4n) is 4.21. The highest BCUT2D eigenvalue weighted by Gasteiger charge is 2.29. The number of rotatable bonds is 6. The monoisotopic (exact) mass is 557 g/mol. The number of aromatic nitrogens is 2. The van der Waals surface area contributed by atoms with E-state index in [1.54, 1.807) is 27.9 Å². The summed E-state index contributed by atoms with van der Waals surface area (Å²) in [6, 6.07) is 7.17. The van der Waals surface area contributed by atoms with Gasteiger partial charge in [-0.3, -0.25) is 10.2 Å². The van der Waals surface area contributed by atoms with E-state index in [0.717, 1.165) is 22.4 Å². The third-order valence-electron chi connectivity index (χ3n) is 6.08. The maximum absolute atomic E-state index is 13.4. The van der Waals surface area contributed by atoms with Gasteiger partial charge in [-0.25, -0.2) is 18.1 Å². The van der Waals surface area contributed by atoms with Crippen LogP contribution in [-0.4, -0.2) is 53.7 Å². The van der Waals surface area contributed by atoms with Crippen LogP contribution in [-0.2, 0) is 16.3 Å². The summed E-state index contributed by atoms with van der Waals surface area (Å²) in [7, 11) is -3.08. The van der Waals surface area contributed by atoms with Crippen molar-refractivity contribution in [1.29, 1.82) is 5.26 Å². The molecule has 192 valence electrons. The van der Waals surface area contributed by atoms with Gasteiger partial charge in [0.05, 0.1) is 34.0 Å². The molecule has 0 spiro atoms. The molecule has 2 aliphatic rings. The Morgan fingerprint density at radius 2 is 1.95 bits per heavy atom. The Labute approximate surface area is 226 Å². The minimum atomic E-state index is -3.08. The van der Waals surface area contributed by atoms with Gasteiger partial charge in [0, 0.05) is 48.5 Å². The second-order valence-electron chi connectivity index (χ2n) is 8.64. The Hall–Kier alpha value is -3.08. The van der Waals surface area contributed by atoms with E-state index in [1.807, 2.05) is 19.1 Å². The molecule has 0 bridgehead atoms. The van der Waals surface area contributed by atoms with E-state index in [-0.39, 0.29) is 30.3 Å². The molecule has 0 saturated carbocycles. The predicted molar refractivity (Wildman–Crippen MR) is 144 cm³/mol. The maximum atomic E-state index is 13.4. The van der Waals surface area contributed by atoms with Crippen molar-refractivity contribution < 1.29 is 13.2 Å². The third-order valence-corrected chi connectivity index (χ3v) is 8.22. The van der Waals surface area contributed by atoms with Crippen molar-refractivity contribution in [3.8, 4) is 23.6 Å². The zero-order valence-corrected chi connectivity index (χ0v) is 22.5. The van der Waals surface area contributed by atoms with E-state index in [0.29, 0.717) is 41.4 Å². The quantitative estimate of drug-likeness (QED) is 0.422. The number of benzene rings is 1. The van der Waals surface area contributed by atoms with Gasteiger partial charge in [-0.15, -0.1) is 0 Å². The summed E-state index contributed by atoms with van der Waals surface area (Å²) in [4.78, 5) is 13.4. The molecule has 0 atom stereocenters. The fraction of sp³-hybridized carbons (Fsp3) is 0.346. The number of hydrogen-bond acceptors (Lipinski definition) is 6. The molecule has 4 rings (SSSR count). The zero-order chi connectivity index (χ0) is 26.6. The number of hydrogen-bond donors (Lipinski definition) is 1. The van der Waals surface area contributed by atoms with E-state index in [9.17, 15) is 13.2 Å². The fourth-order valence-corrected chi connectivity index (χ4v) is 5.90. The molecule has 8 nitrogen and oxygen atoms in total. The molecule has 1 aliphatic carbocycles. The van der Waals surface area contributed by atoms with E-state index in [1.165, 1.54) is 0 Å². The lowest BCUT2D eigenvalue weighted by molar-refractivity contribution is 0.0795. The summed E-state index contributed by atoms with van der Waals surface area (Å²) in [6.45, 7) is 2.38. The summed E-state index contributed by atoms with van der Waals surface area (Å²) < 4.78 is 25.2. The SMILES string of the molecule is CCc1c(C(=O)NN2CCS(=O)(=O)CC2)nn(-c2ccc(Cl)cc2Cl)c1C1=CC=C(C#CCCC#N)C1. The van der Waals surface area contributed by atoms with Gasteiger partial charge in [0.2, 0.25) is 0 Å². The molecule has 37 heavy (non-hydrogen) atoms. The van der Waals surface area contributed by atoms with Gasteiger partial charge >= 0.3 is 0 Å². The Morgan fingerprint density at radius 3 is 2.62 bits per heavy atom. The highest BCUT2D eigenvalue weighted by molar-refractivity contribution is 7.91. The first-order valence-corrected chi connectivity index (χ1v) is 14.4. The largest absolute Gasteiger partial charge is 0.286 e. The number of carbonyl (C=O) groups is 1. The van der Waals surface area contributed by atoms with Crippen LogP contribution in [0.3, 0.4) is 0 Å². The van der Waals surface area contributed by atoms with Crippen LogP contribution >= 0.6 is 23.2 Å². The van der Waals surface area contributed by atoms with Gasteiger partial charge in [0.15, 0.2) is 15.5 Å². The number of allylic oxidation sites excluding steroid dienone is 4. The van der Waals surface area contributed by atoms with Gasteiger partial charge in [-0.2, -0.15) is 10.4 Å². The minimum absolute atomic E-state index is 0.00920. The van der Waals surface area contributed by atoms with Crippen molar-refractivity contribution in [2.75, 3.05) is 24.6 Å². The summed E-state index contributed by atoms with van der Waals surface area (Å²) >= 11 is 12.7. The number of nitrogens with zero attached hydrogens (tertiary/aromatic N) is 4. The molecule has 1 fully saturated rings. The summed E-state index contributed by atoms with van der Waals surface area (Å²) in [5.41, 5.74) is 6.98. The van der Waals surface area contributed by atoms with Gasteiger partial charge in [-0.05, 0) is 36.3 Å². The third kappa shape index (κ3) is 6.26. The smallest absolute Gasteiger partial charge is 0.283 e. The molecule has 1 saturated heterocycles. The van der Waals surface area contributed by atoms with Crippen molar-refractivity contribution in [3.05, 3.63) is 62.9 Å². The van der Waals surface area contributed by atoms with Crippen molar-refractivity contribution in [2.24, 2.45) is 0 Å². The van der Waals surface area contributed by atoms with Crippen LogP contribution in [0.1, 0.15) is 47.9 Å². The topological polar surface area (TPSA) is 108 Å². The lowest BCUT2D eigenvalue weighted by Gasteiger charge is -2.26. The molecule has 1 aromatic heterocycles. The Balaban J connectivity index is 1.70. The number of sulfone groups is 1. The zero-order valence-electron chi connectivity index (χ0n) is 20.2. The van der Waals surface area contributed by atoms with Crippen LogP contribution in [0.25, 0.3) is 11.3 Å². The maximum Gasteiger partial charge on any atom is 0.286 e. The van der Waals surface area contributed by atoms with Crippen molar-refractivity contribution in [1.82, 2.24) is 20.2 Å². The molecule has 1 aliphatic heterocycles. The highest BCUT2D eigenvalue weighted by Crippen LogP contribution is 2.35. The molecule has 1 amide bonds. The van der Waals surface area contributed by atoms with Crippen LogP contribution in [0.15, 0.2) is 35.9 Å². The van der Waals surface area contributed by atoms with Gasteiger partial charge in [0.1, 0.15) is 0 Å². The normalized spacial score (nSPS) is 16.8. The Morgan fingerprint density at radius 1 is 1.19 bits per heavy atom. The Bertz CT molecular complexity index is 1490. The van der Waals surface area contributed by atoms with E-state index >= 15 is 0 Å². The second-order valence-corrected chi connectivity index (χ2v) is 11.8. The first kappa shape index (κ1) is 27.0. The number of hydrazine groups is 1. The van der Waals surface area contributed by atoms with E-state index < -0.39 is 15.7 Å². The minimum Gasteiger partial charge on any atom is -0.283 e. The van der Waals surface area contributed by atoms with Crippen LogP contribution in [0, 0.1) is 23.2 Å². The lowest BCUT2D eigenvalue weighted by atomic mass is 10.0. The van der Waals surface area contributed by atoms with Gasteiger partial charge in [-0.1, -0.05) is 48.0 Å².